The van der Waals surface area contributed by atoms with E-state index in [4.69, 9.17) is 4.74 Å². The number of anilines is 1. The lowest BCUT2D eigenvalue weighted by Gasteiger charge is -2.20. The Kier molecular flexibility index (Phi) is 3.76. The molecule has 2 unspecified atom stereocenters. The quantitative estimate of drug-likeness (QED) is 0.662. The van der Waals surface area contributed by atoms with Gasteiger partial charge in [-0.3, -0.25) is 10.1 Å². The Balaban J connectivity index is 2.15. The predicted molar refractivity (Wildman–Crippen MR) is 65.1 cm³/mol. The maximum absolute atomic E-state index is 13.0. The third-order valence-electron chi connectivity index (χ3n) is 3.21. The fourth-order valence-electron chi connectivity index (χ4n) is 2.09. The highest BCUT2D eigenvalue weighted by molar-refractivity contribution is 5.61. The molecule has 1 aliphatic heterocycles. The molecule has 5 nitrogen and oxygen atoms in total. The van der Waals surface area contributed by atoms with Crippen LogP contribution in [0.4, 0.5) is 15.8 Å². The highest BCUT2D eigenvalue weighted by Crippen LogP contribution is 2.28. The normalized spacial score (nSPS) is 20.7. The number of nitrogens with zero attached hydrogens (tertiary/aromatic N) is 1. The van der Waals surface area contributed by atoms with Crippen molar-refractivity contribution in [1.82, 2.24) is 0 Å². The Hall–Kier alpha value is -1.69. The zero-order valence-corrected chi connectivity index (χ0v) is 10.1. The van der Waals surface area contributed by atoms with Crippen LogP contribution < -0.4 is 5.32 Å². The first kappa shape index (κ1) is 12.8. The van der Waals surface area contributed by atoms with E-state index in [2.05, 4.69) is 5.32 Å². The van der Waals surface area contributed by atoms with Crippen LogP contribution in [0.15, 0.2) is 18.2 Å². The van der Waals surface area contributed by atoms with Gasteiger partial charge in [-0.2, -0.15) is 0 Å². The van der Waals surface area contributed by atoms with E-state index in [1.54, 1.807) is 0 Å². The number of benzene rings is 1. The first-order valence-electron chi connectivity index (χ1n) is 5.86. The van der Waals surface area contributed by atoms with Crippen molar-refractivity contribution in [2.45, 2.75) is 19.4 Å². The van der Waals surface area contributed by atoms with E-state index < -0.39 is 10.7 Å². The van der Waals surface area contributed by atoms with Crippen molar-refractivity contribution in [2.75, 3.05) is 18.5 Å². The van der Waals surface area contributed by atoms with Crippen LogP contribution in [0.5, 0.6) is 0 Å². The van der Waals surface area contributed by atoms with Gasteiger partial charge in [-0.05, 0) is 25.5 Å². The average Bonchev–Trinajstić information content (AvgIpc) is 2.84. The van der Waals surface area contributed by atoms with Crippen LogP contribution in [0.2, 0.25) is 0 Å². The van der Waals surface area contributed by atoms with E-state index >= 15 is 0 Å². The minimum absolute atomic E-state index is 0.0525. The molecule has 0 radical (unpaired) electrons. The lowest BCUT2D eigenvalue weighted by atomic mass is 10.0. The van der Waals surface area contributed by atoms with Gasteiger partial charge >= 0.3 is 0 Å². The molecule has 1 heterocycles. The standard InChI is InChI=1S/C12H15FN2O3/c1-8(9-4-5-18-7-9)14-11-3-2-10(13)6-12(11)15(16)17/h2-3,6,8-9,14H,4-5,7H2,1H3. The fourth-order valence-corrected chi connectivity index (χ4v) is 2.09. The molecule has 1 fully saturated rings. The second-order valence-corrected chi connectivity index (χ2v) is 4.48. The lowest BCUT2D eigenvalue weighted by Crippen LogP contribution is -2.26. The molecule has 0 aliphatic carbocycles. The maximum atomic E-state index is 13.0. The summed E-state index contributed by atoms with van der Waals surface area (Å²) in [5, 5.41) is 13.9. The second kappa shape index (κ2) is 5.30. The first-order chi connectivity index (χ1) is 8.58. The fraction of sp³-hybridized carbons (Fsp3) is 0.500. The molecular formula is C12H15FN2O3. The molecule has 0 spiro atoms. The van der Waals surface area contributed by atoms with Gasteiger partial charge in [-0.15, -0.1) is 0 Å². The third-order valence-corrected chi connectivity index (χ3v) is 3.21. The van der Waals surface area contributed by atoms with Crippen molar-refractivity contribution in [3.05, 3.63) is 34.1 Å². The minimum atomic E-state index is -0.607. The summed E-state index contributed by atoms with van der Waals surface area (Å²) in [6.07, 6.45) is 0.934. The highest BCUT2D eigenvalue weighted by atomic mass is 19.1. The summed E-state index contributed by atoms with van der Waals surface area (Å²) in [6.45, 7) is 3.33. The van der Waals surface area contributed by atoms with Crippen molar-refractivity contribution < 1.29 is 14.1 Å². The van der Waals surface area contributed by atoms with Gasteiger partial charge in [0, 0.05) is 18.6 Å². The first-order valence-corrected chi connectivity index (χ1v) is 5.86. The molecule has 2 atom stereocenters. The van der Waals surface area contributed by atoms with E-state index in [-0.39, 0.29) is 11.7 Å². The predicted octanol–water partition coefficient (Wildman–Crippen LogP) is 2.57. The molecule has 0 aromatic heterocycles. The van der Waals surface area contributed by atoms with E-state index in [1.165, 1.54) is 12.1 Å². The van der Waals surface area contributed by atoms with Gasteiger partial charge in [-0.1, -0.05) is 0 Å². The van der Waals surface area contributed by atoms with Crippen molar-refractivity contribution in [3.63, 3.8) is 0 Å². The summed E-state index contributed by atoms with van der Waals surface area (Å²) < 4.78 is 18.3. The molecule has 1 N–H and O–H groups in total. The molecule has 0 bridgehead atoms. The van der Waals surface area contributed by atoms with Crippen molar-refractivity contribution >= 4 is 11.4 Å². The topological polar surface area (TPSA) is 64.4 Å². The van der Waals surface area contributed by atoms with Crippen molar-refractivity contribution in [3.8, 4) is 0 Å². The number of ether oxygens (including phenoxy) is 1. The van der Waals surface area contributed by atoms with Crippen LogP contribution in [0.3, 0.4) is 0 Å². The van der Waals surface area contributed by atoms with Crippen molar-refractivity contribution in [2.24, 2.45) is 5.92 Å². The Bertz CT molecular complexity index is 447. The van der Waals surface area contributed by atoms with E-state index in [1.807, 2.05) is 6.92 Å². The van der Waals surface area contributed by atoms with Crippen LogP contribution in [-0.2, 0) is 4.74 Å². The number of rotatable bonds is 4. The third kappa shape index (κ3) is 2.76. The van der Waals surface area contributed by atoms with Crippen LogP contribution in [0.25, 0.3) is 0 Å². The van der Waals surface area contributed by atoms with Crippen LogP contribution in [0.1, 0.15) is 13.3 Å². The molecule has 2 rings (SSSR count). The van der Waals surface area contributed by atoms with Crippen LogP contribution >= 0.6 is 0 Å². The van der Waals surface area contributed by atoms with Gasteiger partial charge in [0.05, 0.1) is 17.6 Å². The monoisotopic (exact) mass is 254 g/mol. The zero-order chi connectivity index (χ0) is 13.1. The van der Waals surface area contributed by atoms with E-state index in [0.717, 1.165) is 19.1 Å². The number of hydrogen-bond donors (Lipinski definition) is 1. The Labute approximate surface area is 104 Å². The molecule has 0 saturated carbocycles. The molecule has 18 heavy (non-hydrogen) atoms. The molecule has 1 aliphatic rings. The van der Waals surface area contributed by atoms with Gasteiger partial charge in [0.1, 0.15) is 11.5 Å². The smallest absolute Gasteiger partial charge is 0.295 e. The van der Waals surface area contributed by atoms with E-state index in [9.17, 15) is 14.5 Å². The van der Waals surface area contributed by atoms with Gasteiger partial charge < -0.3 is 10.1 Å². The minimum Gasteiger partial charge on any atom is -0.381 e. The van der Waals surface area contributed by atoms with Gasteiger partial charge in [-0.25, -0.2) is 4.39 Å². The maximum Gasteiger partial charge on any atom is 0.295 e. The number of nitro groups is 1. The lowest BCUT2D eigenvalue weighted by molar-refractivity contribution is -0.384. The highest BCUT2D eigenvalue weighted by Gasteiger charge is 2.24. The molecule has 1 saturated heterocycles. The molecule has 98 valence electrons. The zero-order valence-electron chi connectivity index (χ0n) is 10.1. The van der Waals surface area contributed by atoms with Gasteiger partial charge in [0.15, 0.2) is 0 Å². The number of hydrogen-bond acceptors (Lipinski definition) is 4. The summed E-state index contributed by atoms with van der Waals surface area (Å²) in [7, 11) is 0. The number of halogens is 1. The second-order valence-electron chi connectivity index (χ2n) is 4.48. The summed E-state index contributed by atoms with van der Waals surface area (Å²) >= 11 is 0. The summed E-state index contributed by atoms with van der Waals surface area (Å²) in [6, 6.07) is 3.60. The number of nitrogens with one attached hydrogen (secondary N) is 1. The van der Waals surface area contributed by atoms with Gasteiger partial charge in [0.25, 0.3) is 5.69 Å². The molecule has 1 aromatic rings. The Morgan fingerprint density at radius 3 is 3.00 bits per heavy atom. The van der Waals surface area contributed by atoms with Crippen LogP contribution in [-0.4, -0.2) is 24.2 Å². The molecule has 6 heteroatoms. The van der Waals surface area contributed by atoms with Gasteiger partial charge in [0.2, 0.25) is 0 Å². The average molecular weight is 254 g/mol. The van der Waals surface area contributed by atoms with E-state index in [0.29, 0.717) is 18.2 Å². The van der Waals surface area contributed by atoms with Crippen molar-refractivity contribution in [1.29, 1.82) is 0 Å². The molecule has 0 amide bonds. The Morgan fingerprint density at radius 1 is 1.61 bits per heavy atom. The Morgan fingerprint density at radius 2 is 2.39 bits per heavy atom. The van der Waals surface area contributed by atoms with Crippen LogP contribution in [0, 0.1) is 21.8 Å². The summed E-state index contributed by atoms with van der Waals surface area (Å²) in [4.78, 5) is 10.3. The SMILES string of the molecule is CC(Nc1ccc(F)cc1[N+](=O)[O-])C1CCOC1. The summed E-state index contributed by atoms with van der Waals surface area (Å²) in [5.41, 5.74) is 0.113. The molecular weight excluding hydrogens is 239 g/mol. The largest absolute Gasteiger partial charge is 0.381 e. The summed E-state index contributed by atoms with van der Waals surface area (Å²) in [5.74, 6) is -0.279. The molecule has 1 aromatic carbocycles. The number of nitro benzene ring substituents is 1.